The van der Waals surface area contributed by atoms with Gasteiger partial charge in [0.05, 0.1) is 0 Å². The highest BCUT2D eigenvalue weighted by molar-refractivity contribution is 6.30. The molecule has 2 aromatic rings. The Labute approximate surface area is 137 Å². The van der Waals surface area contributed by atoms with E-state index in [-0.39, 0.29) is 6.04 Å². The molecule has 2 N–H and O–H groups in total. The lowest BCUT2D eigenvalue weighted by molar-refractivity contribution is 0.181. The minimum atomic E-state index is 0.243. The van der Waals surface area contributed by atoms with E-state index in [2.05, 4.69) is 48.2 Å². The van der Waals surface area contributed by atoms with Crippen molar-refractivity contribution in [3.63, 3.8) is 0 Å². The average molecular weight is 315 g/mol. The Morgan fingerprint density at radius 3 is 2.41 bits per heavy atom. The molecule has 1 aliphatic rings. The predicted molar refractivity (Wildman–Crippen MR) is 93.2 cm³/mol. The van der Waals surface area contributed by atoms with Crippen LogP contribution >= 0.6 is 11.6 Å². The number of hydrogen-bond acceptors (Lipinski definition) is 2. The van der Waals surface area contributed by atoms with Crippen LogP contribution in [0, 0.1) is 6.92 Å². The Morgan fingerprint density at radius 1 is 1.05 bits per heavy atom. The third kappa shape index (κ3) is 3.89. The first-order valence-corrected chi connectivity index (χ1v) is 8.27. The summed E-state index contributed by atoms with van der Waals surface area (Å²) in [6.07, 6.45) is 1.07. The number of likely N-dealkylation sites (tertiary alicyclic amines) is 1. The van der Waals surface area contributed by atoms with Gasteiger partial charge in [-0.2, -0.15) is 0 Å². The highest BCUT2D eigenvalue weighted by Gasteiger charge is 2.26. The summed E-state index contributed by atoms with van der Waals surface area (Å²) >= 11 is 5.96. The number of aryl methyl sites for hydroxylation is 1. The molecule has 0 bridgehead atoms. The van der Waals surface area contributed by atoms with Crippen LogP contribution in [0.15, 0.2) is 48.5 Å². The molecule has 1 saturated heterocycles. The normalized spacial score (nSPS) is 22.7. The van der Waals surface area contributed by atoms with Gasteiger partial charge in [-0.05, 0) is 42.5 Å². The molecule has 1 aliphatic heterocycles. The minimum Gasteiger partial charge on any atom is -0.327 e. The lowest BCUT2D eigenvalue weighted by atomic mass is 9.88. The van der Waals surface area contributed by atoms with Crippen molar-refractivity contribution in [3.05, 3.63) is 70.2 Å². The molecule has 0 spiro atoms. The van der Waals surface area contributed by atoms with Crippen LogP contribution in [-0.4, -0.2) is 24.0 Å². The molecule has 2 nitrogen and oxygen atoms in total. The topological polar surface area (TPSA) is 29.3 Å². The molecular weight excluding hydrogens is 292 g/mol. The third-order valence-corrected chi connectivity index (χ3v) is 4.68. The smallest absolute Gasteiger partial charge is 0.0406 e. The van der Waals surface area contributed by atoms with Crippen LogP contribution < -0.4 is 5.73 Å². The zero-order chi connectivity index (χ0) is 15.5. The van der Waals surface area contributed by atoms with E-state index in [1.807, 2.05) is 12.1 Å². The molecule has 2 unspecified atom stereocenters. The van der Waals surface area contributed by atoms with E-state index in [9.17, 15) is 0 Å². The van der Waals surface area contributed by atoms with Gasteiger partial charge in [0.1, 0.15) is 0 Å². The molecule has 3 rings (SSSR count). The maximum Gasteiger partial charge on any atom is 0.0406 e. The maximum atomic E-state index is 6.30. The summed E-state index contributed by atoms with van der Waals surface area (Å²) in [6.45, 7) is 5.10. The van der Waals surface area contributed by atoms with E-state index in [0.29, 0.717) is 5.92 Å². The van der Waals surface area contributed by atoms with Crippen molar-refractivity contribution in [2.24, 2.45) is 5.73 Å². The molecule has 0 saturated carbocycles. The lowest BCUT2D eigenvalue weighted by Gasteiger charge is -2.36. The van der Waals surface area contributed by atoms with E-state index in [0.717, 1.165) is 31.1 Å². The third-order valence-electron chi connectivity index (χ3n) is 4.43. The Kier molecular flexibility index (Phi) is 4.82. The van der Waals surface area contributed by atoms with Crippen LogP contribution in [0.4, 0.5) is 0 Å². The van der Waals surface area contributed by atoms with Crippen molar-refractivity contribution in [1.29, 1.82) is 0 Å². The van der Waals surface area contributed by atoms with E-state index in [4.69, 9.17) is 17.3 Å². The molecule has 2 atom stereocenters. The maximum absolute atomic E-state index is 6.30. The molecule has 2 aromatic carbocycles. The summed E-state index contributed by atoms with van der Waals surface area (Å²) in [7, 11) is 0. The van der Waals surface area contributed by atoms with Crippen LogP contribution in [-0.2, 0) is 6.54 Å². The Balaban J connectivity index is 1.70. The van der Waals surface area contributed by atoms with Gasteiger partial charge < -0.3 is 5.73 Å². The fraction of sp³-hybridized carbons (Fsp3) is 0.368. The quantitative estimate of drug-likeness (QED) is 0.929. The second kappa shape index (κ2) is 6.82. The van der Waals surface area contributed by atoms with Crippen LogP contribution in [0.1, 0.15) is 29.0 Å². The number of halogens is 1. The second-order valence-corrected chi connectivity index (χ2v) is 6.86. The first-order chi connectivity index (χ1) is 10.6. The summed E-state index contributed by atoms with van der Waals surface area (Å²) in [5.41, 5.74) is 10.3. The van der Waals surface area contributed by atoms with Crippen LogP contribution in [0.3, 0.4) is 0 Å². The lowest BCUT2D eigenvalue weighted by Crippen LogP contribution is -2.45. The van der Waals surface area contributed by atoms with Gasteiger partial charge in [-0.1, -0.05) is 53.6 Å². The number of hydrogen-bond donors (Lipinski definition) is 1. The zero-order valence-electron chi connectivity index (χ0n) is 13.0. The number of rotatable bonds is 3. The molecule has 0 aliphatic carbocycles. The van der Waals surface area contributed by atoms with Crippen LogP contribution in [0.2, 0.25) is 5.02 Å². The zero-order valence-corrected chi connectivity index (χ0v) is 13.8. The van der Waals surface area contributed by atoms with Crippen molar-refractivity contribution >= 4 is 11.6 Å². The summed E-state index contributed by atoms with van der Waals surface area (Å²) in [5.74, 6) is 0.525. The minimum absolute atomic E-state index is 0.243. The Morgan fingerprint density at radius 2 is 1.73 bits per heavy atom. The standard InChI is InChI=1S/C19H23ClN2/c1-14-2-6-16(7-3-14)17-10-19(21)13-22(12-17)11-15-4-8-18(20)9-5-15/h2-9,17,19H,10-13,21H2,1H3. The first kappa shape index (κ1) is 15.5. The number of benzene rings is 2. The van der Waals surface area contributed by atoms with Crippen molar-refractivity contribution < 1.29 is 0 Å². The summed E-state index contributed by atoms with van der Waals surface area (Å²) < 4.78 is 0. The fourth-order valence-electron chi connectivity index (χ4n) is 3.29. The van der Waals surface area contributed by atoms with Crippen molar-refractivity contribution in [3.8, 4) is 0 Å². The first-order valence-electron chi connectivity index (χ1n) is 7.89. The Hall–Kier alpha value is -1.35. The molecule has 0 radical (unpaired) electrons. The fourth-order valence-corrected chi connectivity index (χ4v) is 3.42. The van der Waals surface area contributed by atoms with E-state index in [1.54, 1.807) is 0 Å². The Bertz CT molecular complexity index is 606. The second-order valence-electron chi connectivity index (χ2n) is 6.42. The van der Waals surface area contributed by atoms with Crippen molar-refractivity contribution in [2.75, 3.05) is 13.1 Å². The van der Waals surface area contributed by atoms with Gasteiger partial charge in [0, 0.05) is 30.7 Å². The SMILES string of the molecule is Cc1ccc(C2CC(N)CN(Cc3ccc(Cl)cc3)C2)cc1. The largest absolute Gasteiger partial charge is 0.327 e. The molecule has 116 valence electrons. The van der Waals surface area contributed by atoms with Gasteiger partial charge in [0.2, 0.25) is 0 Å². The van der Waals surface area contributed by atoms with Gasteiger partial charge in [-0.25, -0.2) is 0 Å². The molecule has 1 heterocycles. The average Bonchev–Trinajstić information content (AvgIpc) is 2.50. The highest BCUT2D eigenvalue weighted by Crippen LogP contribution is 2.27. The molecule has 3 heteroatoms. The van der Waals surface area contributed by atoms with E-state index < -0.39 is 0 Å². The van der Waals surface area contributed by atoms with E-state index in [1.165, 1.54) is 16.7 Å². The van der Waals surface area contributed by atoms with Gasteiger partial charge >= 0.3 is 0 Å². The van der Waals surface area contributed by atoms with Crippen molar-refractivity contribution in [1.82, 2.24) is 4.90 Å². The summed E-state index contributed by atoms with van der Waals surface area (Å²) in [5, 5.41) is 0.789. The van der Waals surface area contributed by atoms with Gasteiger partial charge in [0.25, 0.3) is 0 Å². The molecule has 0 amide bonds. The van der Waals surface area contributed by atoms with Crippen LogP contribution in [0.5, 0.6) is 0 Å². The van der Waals surface area contributed by atoms with E-state index >= 15 is 0 Å². The number of piperidine rings is 1. The molecule has 0 aromatic heterocycles. The summed E-state index contributed by atoms with van der Waals surface area (Å²) in [4.78, 5) is 2.46. The van der Waals surface area contributed by atoms with Crippen LogP contribution in [0.25, 0.3) is 0 Å². The molecular formula is C19H23ClN2. The summed E-state index contributed by atoms with van der Waals surface area (Å²) in [6, 6.07) is 17.2. The molecule has 1 fully saturated rings. The van der Waals surface area contributed by atoms with Gasteiger partial charge in [-0.15, -0.1) is 0 Å². The van der Waals surface area contributed by atoms with Gasteiger partial charge in [-0.3, -0.25) is 4.90 Å². The number of nitrogens with two attached hydrogens (primary N) is 1. The van der Waals surface area contributed by atoms with Gasteiger partial charge in [0.15, 0.2) is 0 Å². The predicted octanol–water partition coefficient (Wildman–Crippen LogP) is 3.97. The monoisotopic (exact) mass is 314 g/mol. The molecule has 22 heavy (non-hydrogen) atoms. The van der Waals surface area contributed by atoms with Crippen molar-refractivity contribution in [2.45, 2.75) is 31.8 Å². The highest BCUT2D eigenvalue weighted by atomic mass is 35.5. The number of nitrogens with zero attached hydrogens (tertiary/aromatic N) is 1.